The Kier molecular flexibility index (Phi) is 5.85. The van der Waals surface area contributed by atoms with Crippen LogP contribution < -0.4 is 0 Å². The number of benzene rings is 1. The molecule has 1 aromatic heterocycles. The molecule has 1 aromatic carbocycles. The zero-order valence-corrected chi connectivity index (χ0v) is 14.7. The molecule has 3 rings (SSSR count). The van der Waals surface area contributed by atoms with Crippen molar-refractivity contribution >= 4 is 11.6 Å². The normalized spacial score (nSPS) is 19.1. The predicted molar refractivity (Wildman–Crippen MR) is 97.1 cm³/mol. The van der Waals surface area contributed by atoms with E-state index in [0.29, 0.717) is 17.6 Å². The maximum absolute atomic E-state index is 10.5. The highest BCUT2D eigenvalue weighted by Crippen LogP contribution is 2.25. The fourth-order valence-corrected chi connectivity index (χ4v) is 3.52. The predicted octanol–water partition coefficient (Wildman–Crippen LogP) is 3.15. The van der Waals surface area contributed by atoms with Crippen LogP contribution in [0.25, 0.3) is 0 Å². The van der Waals surface area contributed by atoms with Crippen molar-refractivity contribution in [1.29, 1.82) is 0 Å². The number of nitrogens with zero attached hydrogens (tertiary/aromatic N) is 3. The molecule has 0 bridgehead atoms. The smallest absolute Gasteiger partial charge is 0.0931 e. The quantitative estimate of drug-likeness (QED) is 0.903. The van der Waals surface area contributed by atoms with Gasteiger partial charge in [-0.2, -0.15) is 0 Å². The second-order valence-corrected chi connectivity index (χ2v) is 6.74. The first-order chi connectivity index (χ1) is 11.6. The Bertz CT molecular complexity index is 644. The first-order valence-electron chi connectivity index (χ1n) is 8.44. The van der Waals surface area contributed by atoms with Crippen molar-refractivity contribution in [3.05, 3.63) is 64.9 Å². The molecule has 0 spiro atoms. The van der Waals surface area contributed by atoms with Crippen LogP contribution in [0.5, 0.6) is 0 Å². The Morgan fingerprint density at radius 1 is 1.12 bits per heavy atom. The van der Waals surface area contributed by atoms with Crippen LogP contribution in [-0.4, -0.2) is 52.6 Å². The summed E-state index contributed by atoms with van der Waals surface area (Å²) in [5, 5.41) is 11.1. The van der Waals surface area contributed by atoms with Gasteiger partial charge in [0.25, 0.3) is 0 Å². The van der Waals surface area contributed by atoms with E-state index in [1.54, 1.807) is 0 Å². The summed E-state index contributed by atoms with van der Waals surface area (Å²) in [6.07, 6.45) is 3.21. The summed E-state index contributed by atoms with van der Waals surface area (Å²) in [7, 11) is 0. The lowest BCUT2D eigenvalue weighted by atomic mass is 10.1. The highest BCUT2D eigenvalue weighted by Gasteiger charge is 2.24. The lowest BCUT2D eigenvalue weighted by Gasteiger charge is -2.38. The van der Waals surface area contributed by atoms with Crippen molar-refractivity contribution in [3.63, 3.8) is 0 Å². The van der Waals surface area contributed by atoms with E-state index in [2.05, 4.69) is 27.8 Å². The molecule has 4 nitrogen and oxygen atoms in total. The van der Waals surface area contributed by atoms with Crippen LogP contribution in [0, 0.1) is 0 Å². The number of piperazine rings is 1. The number of pyridine rings is 1. The maximum atomic E-state index is 10.5. The van der Waals surface area contributed by atoms with Crippen LogP contribution in [0.2, 0.25) is 5.02 Å². The van der Waals surface area contributed by atoms with E-state index in [9.17, 15) is 5.11 Å². The average Bonchev–Trinajstić information content (AvgIpc) is 2.63. The van der Waals surface area contributed by atoms with Crippen molar-refractivity contribution in [3.8, 4) is 0 Å². The maximum Gasteiger partial charge on any atom is 0.0931 e. The molecule has 2 heterocycles. The van der Waals surface area contributed by atoms with Gasteiger partial charge in [0.15, 0.2) is 0 Å². The third-order valence-electron chi connectivity index (χ3n) is 4.82. The molecule has 2 unspecified atom stereocenters. The van der Waals surface area contributed by atoms with Crippen molar-refractivity contribution < 1.29 is 5.11 Å². The highest BCUT2D eigenvalue weighted by molar-refractivity contribution is 6.31. The van der Waals surface area contributed by atoms with Crippen molar-refractivity contribution in [2.45, 2.75) is 19.1 Å². The number of rotatable bonds is 5. The van der Waals surface area contributed by atoms with Gasteiger partial charge in [0.1, 0.15) is 0 Å². The third-order valence-corrected chi connectivity index (χ3v) is 5.16. The van der Waals surface area contributed by atoms with Gasteiger partial charge in [-0.3, -0.25) is 14.8 Å². The monoisotopic (exact) mass is 345 g/mol. The Balaban J connectivity index is 1.53. The minimum absolute atomic E-state index is 0.370. The largest absolute Gasteiger partial charge is 0.387 e. The number of hydrogen-bond donors (Lipinski definition) is 1. The number of hydrogen-bond acceptors (Lipinski definition) is 4. The molecule has 1 saturated heterocycles. The van der Waals surface area contributed by atoms with Crippen LogP contribution in [-0.2, 0) is 0 Å². The molecule has 24 heavy (non-hydrogen) atoms. The molecule has 0 aliphatic carbocycles. The SMILES string of the molecule is CC(c1cccnc1)N1CCN(CC(O)c2ccccc2Cl)CC1. The van der Waals surface area contributed by atoms with Crippen LogP contribution in [0.1, 0.15) is 30.2 Å². The Labute approximate surface area is 148 Å². The molecule has 1 fully saturated rings. The number of halogens is 1. The first kappa shape index (κ1) is 17.4. The minimum Gasteiger partial charge on any atom is -0.387 e. The number of aromatic nitrogens is 1. The molecule has 0 amide bonds. The topological polar surface area (TPSA) is 39.6 Å². The van der Waals surface area contributed by atoms with E-state index >= 15 is 0 Å². The van der Waals surface area contributed by atoms with Gasteiger partial charge >= 0.3 is 0 Å². The van der Waals surface area contributed by atoms with E-state index in [1.165, 1.54) is 5.56 Å². The fraction of sp³-hybridized carbons (Fsp3) is 0.421. The van der Waals surface area contributed by atoms with Crippen LogP contribution in [0.4, 0.5) is 0 Å². The van der Waals surface area contributed by atoms with Crippen molar-refractivity contribution in [1.82, 2.24) is 14.8 Å². The Morgan fingerprint density at radius 2 is 1.88 bits per heavy atom. The molecule has 2 aromatic rings. The van der Waals surface area contributed by atoms with Gasteiger partial charge in [-0.05, 0) is 24.6 Å². The van der Waals surface area contributed by atoms with E-state index in [0.717, 1.165) is 31.7 Å². The molecule has 1 aliphatic heterocycles. The second kappa shape index (κ2) is 8.08. The minimum atomic E-state index is -0.541. The molecule has 1 N–H and O–H groups in total. The van der Waals surface area contributed by atoms with Crippen molar-refractivity contribution in [2.24, 2.45) is 0 Å². The van der Waals surface area contributed by atoms with Gasteiger partial charge in [-0.15, -0.1) is 0 Å². The molecular formula is C19H24ClN3O. The number of aliphatic hydroxyl groups excluding tert-OH is 1. The van der Waals surface area contributed by atoms with Gasteiger partial charge in [0.2, 0.25) is 0 Å². The lowest BCUT2D eigenvalue weighted by molar-refractivity contribution is 0.0589. The molecule has 0 radical (unpaired) electrons. The molecule has 1 aliphatic rings. The fourth-order valence-electron chi connectivity index (χ4n) is 3.26. The lowest BCUT2D eigenvalue weighted by Crippen LogP contribution is -2.48. The Hall–Kier alpha value is -1.46. The van der Waals surface area contributed by atoms with E-state index in [-0.39, 0.29) is 0 Å². The average molecular weight is 346 g/mol. The van der Waals surface area contributed by atoms with E-state index < -0.39 is 6.10 Å². The summed E-state index contributed by atoms with van der Waals surface area (Å²) in [5.41, 5.74) is 2.06. The van der Waals surface area contributed by atoms with Gasteiger partial charge in [-0.1, -0.05) is 35.9 Å². The van der Waals surface area contributed by atoms with Crippen LogP contribution >= 0.6 is 11.6 Å². The highest BCUT2D eigenvalue weighted by atomic mass is 35.5. The second-order valence-electron chi connectivity index (χ2n) is 6.34. The molecule has 5 heteroatoms. The summed E-state index contributed by atoms with van der Waals surface area (Å²) >= 11 is 6.18. The standard InChI is InChI=1S/C19H24ClN3O/c1-15(16-5-4-8-21-13-16)23-11-9-22(10-12-23)14-19(24)17-6-2-3-7-18(17)20/h2-8,13,15,19,24H,9-12,14H2,1H3. The first-order valence-corrected chi connectivity index (χ1v) is 8.82. The summed E-state index contributed by atoms with van der Waals surface area (Å²) in [5.74, 6) is 0. The summed E-state index contributed by atoms with van der Waals surface area (Å²) in [6.45, 7) is 6.74. The summed E-state index contributed by atoms with van der Waals surface area (Å²) < 4.78 is 0. The van der Waals surface area contributed by atoms with Crippen LogP contribution in [0.3, 0.4) is 0 Å². The van der Waals surface area contributed by atoms with Gasteiger partial charge in [0.05, 0.1) is 6.10 Å². The van der Waals surface area contributed by atoms with E-state index in [4.69, 9.17) is 11.6 Å². The number of aliphatic hydroxyl groups is 1. The van der Waals surface area contributed by atoms with Gasteiger partial charge in [-0.25, -0.2) is 0 Å². The molecule has 2 atom stereocenters. The third kappa shape index (κ3) is 4.14. The summed E-state index contributed by atoms with van der Waals surface area (Å²) in [4.78, 5) is 8.99. The molecular weight excluding hydrogens is 322 g/mol. The molecule has 128 valence electrons. The van der Waals surface area contributed by atoms with Crippen LogP contribution in [0.15, 0.2) is 48.8 Å². The van der Waals surface area contributed by atoms with Gasteiger partial charge < -0.3 is 5.11 Å². The summed E-state index contributed by atoms with van der Waals surface area (Å²) in [6, 6.07) is 12.0. The Morgan fingerprint density at radius 3 is 2.54 bits per heavy atom. The van der Waals surface area contributed by atoms with Gasteiger partial charge in [0, 0.05) is 61.7 Å². The zero-order chi connectivity index (χ0) is 16.9. The van der Waals surface area contributed by atoms with E-state index in [1.807, 2.05) is 42.7 Å². The zero-order valence-electron chi connectivity index (χ0n) is 14.0. The molecule has 0 saturated carbocycles. The van der Waals surface area contributed by atoms with Crippen molar-refractivity contribution in [2.75, 3.05) is 32.7 Å². The number of β-amino-alcohol motifs (C(OH)–C–C–N with tert-alkyl or cyclic N) is 1.